The molecule has 4 N–H and O–H groups in total. The molecule has 0 aromatic rings. The molecule has 0 saturated heterocycles. The van der Waals surface area contributed by atoms with E-state index in [2.05, 4.69) is 15.5 Å². The van der Waals surface area contributed by atoms with Gasteiger partial charge < -0.3 is 15.9 Å². The fraction of sp³-hybridized carbons (Fsp3) is 0.667. The van der Waals surface area contributed by atoms with Crippen molar-refractivity contribution in [2.45, 2.75) is 13.3 Å². The van der Waals surface area contributed by atoms with Gasteiger partial charge in [-0.05, 0) is 19.9 Å². The Hall–Kier alpha value is -0.960. The van der Waals surface area contributed by atoms with Crippen LogP contribution in [0.4, 0.5) is 0 Å². The molecule has 8 heteroatoms. The lowest BCUT2D eigenvalue weighted by molar-refractivity contribution is -0.139. The van der Waals surface area contributed by atoms with E-state index >= 15 is 0 Å². The SMILES string of the molecule is C=C(C)C(=O)OCCOS(=O)(=O)CCCN.O. The van der Waals surface area contributed by atoms with E-state index in [0.29, 0.717) is 6.42 Å². The van der Waals surface area contributed by atoms with Gasteiger partial charge >= 0.3 is 5.97 Å². The molecule has 0 spiro atoms. The number of nitrogens with two attached hydrogens (primary N) is 1. The maximum atomic E-state index is 11.1. The second kappa shape index (κ2) is 9.11. The minimum atomic E-state index is -3.56. The zero-order valence-electron chi connectivity index (χ0n) is 9.77. The molecule has 0 unspecified atom stereocenters. The maximum absolute atomic E-state index is 11.1. The number of rotatable bonds is 8. The third kappa shape index (κ3) is 9.94. The van der Waals surface area contributed by atoms with Gasteiger partial charge in [-0.25, -0.2) is 4.79 Å². The van der Waals surface area contributed by atoms with E-state index < -0.39 is 16.1 Å². The first-order valence-electron chi connectivity index (χ1n) is 4.79. The average molecular weight is 269 g/mol. The number of carbonyl (C=O) groups is 1. The fourth-order valence-electron chi connectivity index (χ4n) is 0.738. The summed E-state index contributed by atoms with van der Waals surface area (Å²) in [4.78, 5) is 10.9. The van der Waals surface area contributed by atoms with Crippen molar-refractivity contribution >= 4 is 16.1 Å². The van der Waals surface area contributed by atoms with Gasteiger partial charge in [0, 0.05) is 5.57 Å². The Morgan fingerprint density at radius 3 is 2.41 bits per heavy atom. The van der Waals surface area contributed by atoms with Crippen molar-refractivity contribution in [3.63, 3.8) is 0 Å². The normalized spacial score (nSPS) is 10.5. The molecule has 0 radical (unpaired) electrons. The molecule has 0 rings (SSSR count). The second-order valence-corrected chi connectivity index (χ2v) is 4.90. The van der Waals surface area contributed by atoms with Crippen LogP contribution < -0.4 is 5.73 Å². The Balaban J connectivity index is 0. The quantitative estimate of drug-likeness (QED) is 0.260. The minimum Gasteiger partial charge on any atom is -0.460 e. The van der Waals surface area contributed by atoms with Gasteiger partial charge in [0.2, 0.25) is 0 Å². The summed E-state index contributed by atoms with van der Waals surface area (Å²) in [5.74, 6) is -0.694. The first kappa shape index (κ1) is 18.4. The van der Waals surface area contributed by atoms with E-state index in [-0.39, 0.29) is 36.6 Å². The third-order valence-corrected chi connectivity index (χ3v) is 2.84. The molecule has 0 aromatic carbocycles. The third-order valence-electron chi connectivity index (χ3n) is 1.53. The lowest BCUT2D eigenvalue weighted by Gasteiger charge is -2.06. The fourth-order valence-corrected chi connectivity index (χ4v) is 1.70. The summed E-state index contributed by atoms with van der Waals surface area (Å²) in [6.45, 7) is 4.86. The van der Waals surface area contributed by atoms with E-state index in [9.17, 15) is 13.2 Å². The Morgan fingerprint density at radius 2 is 1.94 bits per heavy atom. The van der Waals surface area contributed by atoms with Crippen LogP contribution in [0.25, 0.3) is 0 Å². The molecule has 0 aliphatic carbocycles. The van der Waals surface area contributed by atoms with E-state index in [1.807, 2.05) is 0 Å². The predicted molar refractivity (Wildman–Crippen MR) is 62.8 cm³/mol. The Bertz CT molecular complexity index is 337. The Morgan fingerprint density at radius 1 is 1.35 bits per heavy atom. The molecule has 7 nitrogen and oxygen atoms in total. The van der Waals surface area contributed by atoms with Crippen molar-refractivity contribution in [3.05, 3.63) is 12.2 Å². The summed E-state index contributed by atoms with van der Waals surface area (Å²) in [6.07, 6.45) is 0.341. The first-order chi connectivity index (χ1) is 7.39. The monoisotopic (exact) mass is 269 g/mol. The van der Waals surface area contributed by atoms with Crippen molar-refractivity contribution in [2.75, 3.05) is 25.5 Å². The molecule has 0 amide bonds. The lowest BCUT2D eigenvalue weighted by atomic mass is 10.4. The number of hydrogen-bond donors (Lipinski definition) is 1. The van der Waals surface area contributed by atoms with Gasteiger partial charge in [0.25, 0.3) is 10.1 Å². The number of hydrogen-bond acceptors (Lipinski definition) is 6. The van der Waals surface area contributed by atoms with Crippen LogP contribution in [-0.2, 0) is 23.8 Å². The van der Waals surface area contributed by atoms with Gasteiger partial charge in [-0.3, -0.25) is 4.18 Å². The summed E-state index contributed by atoms with van der Waals surface area (Å²) in [5, 5.41) is 0. The van der Waals surface area contributed by atoms with Crippen LogP contribution in [0.15, 0.2) is 12.2 Å². The van der Waals surface area contributed by atoms with Crippen molar-refractivity contribution in [3.8, 4) is 0 Å². The van der Waals surface area contributed by atoms with Crippen molar-refractivity contribution in [1.29, 1.82) is 0 Å². The summed E-state index contributed by atoms with van der Waals surface area (Å²) >= 11 is 0. The topological polar surface area (TPSA) is 127 Å². The van der Waals surface area contributed by atoms with Gasteiger partial charge in [-0.15, -0.1) is 0 Å². The minimum absolute atomic E-state index is 0. The first-order valence-corrected chi connectivity index (χ1v) is 6.36. The highest BCUT2D eigenvalue weighted by Crippen LogP contribution is 1.97. The standard InChI is InChI=1S/C9H17NO5S.H2O/c1-8(2)9(11)14-5-6-15-16(12,13)7-3-4-10;/h1,3-7,10H2,2H3;1H2. The van der Waals surface area contributed by atoms with E-state index in [0.717, 1.165) is 0 Å². The van der Waals surface area contributed by atoms with Crippen LogP contribution in [0.3, 0.4) is 0 Å². The van der Waals surface area contributed by atoms with Crippen LogP contribution in [0, 0.1) is 0 Å². The highest BCUT2D eigenvalue weighted by atomic mass is 32.2. The van der Waals surface area contributed by atoms with Crippen molar-refractivity contribution in [1.82, 2.24) is 0 Å². The highest BCUT2D eigenvalue weighted by Gasteiger charge is 2.10. The Labute approximate surface area is 101 Å². The van der Waals surface area contributed by atoms with E-state index in [1.165, 1.54) is 6.92 Å². The van der Waals surface area contributed by atoms with E-state index in [4.69, 9.17) is 5.73 Å². The van der Waals surface area contributed by atoms with Gasteiger partial charge in [0.05, 0.1) is 5.75 Å². The van der Waals surface area contributed by atoms with Gasteiger partial charge in [0.15, 0.2) is 0 Å². The summed E-state index contributed by atoms with van der Waals surface area (Å²) in [5.41, 5.74) is 5.42. The van der Waals surface area contributed by atoms with Crippen LogP contribution in [-0.4, -0.2) is 45.4 Å². The summed E-state index contributed by atoms with van der Waals surface area (Å²) < 4.78 is 31.5. The number of esters is 1. The zero-order valence-corrected chi connectivity index (χ0v) is 10.6. The van der Waals surface area contributed by atoms with Crippen LogP contribution >= 0.6 is 0 Å². The van der Waals surface area contributed by atoms with Crippen LogP contribution in [0.1, 0.15) is 13.3 Å². The molecule has 102 valence electrons. The predicted octanol–water partition coefficient (Wildman–Crippen LogP) is -1.02. The number of carbonyl (C=O) groups excluding carboxylic acids is 1. The molecule has 0 bridgehead atoms. The van der Waals surface area contributed by atoms with Crippen LogP contribution in [0.5, 0.6) is 0 Å². The summed E-state index contributed by atoms with van der Waals surface area (Å²) in [6, 6.07) is 0. The largest absolute Gasteiger partial charge is 0.460 e. The molecular formula is C9H19NO6S. The molecule has 0 aliphatic heterocycles. The van der Waals surface area contributed by atoms with Gasteiger partial charge in [-0.1, -0.05) is 6.58 Å². The lowest BCUT2D eigenvalue weighted by Crippen LogP contribution is -2.18. The summed E-state index contributed by atoms with van der Waals surface area (Å²) in [7, 11) is -3.56. The molecule has 0 heterocycles. The number of ether oxygens (including phenoxy) is 1. The Kier molecular flexibility index (Phi) is 9.86. The van der Waals surface area contributed by atoms with Crippen LogP contribution in [0.2, 0.25) is 0 Å². The molecular weight excluding hydrogens is 250 g/mol. The molecule has 0 saturated carbocycles. The van der Waals surface area contributed by atoms with Crippen molar-refractivity contribution < 1.29 is 27.6 Å². The maximum Gasteiger partial charge on any atom is 0.333 e. The molecule has 0 aliphatic rings. The second-order valence-electron chi connectivity index (χ2n) is 3.14. The smallest absolute Gasteiger partial charge is 0.333 e. The average Bonchev–Trinajstić information content (AvgIpc) is 2.21. The highest BCUT2D eigenvalue weighted by molar-refractivity contribution is 7.86. The van der Waals surface area contributed by atoms with Gasteiger partial charge in [-0.2, -0.15) is 8.42 Å². The zero-order chi connectivity index (χ0) is 12.6. The molecule has 0 aromatic heterocycles. The molecule has 17 heavy (non-hydrogen) atoms. The van der Waals surface area contributed by atoms with E-state index in [1.54, 1.807) is 0 Å². The molecule has 0 fully saturated rings. The van der Waals surface area contributed by atoms with Crippen molar-refractivity contribution in [2.24, 2.45) is 5.73 Å². The van der Waals surface area contributed by atoms with Gasteiger partial charge in [0.1, 0.15) is 13.2 Å². The molecule has 0 atom stereocenters.